The van der Waals surface area contributed by atoms with E-state index in [1.165, 1.54) is 0 Å². The number of carbonyl (C=O) groups excluding carboxylic acids is 1. The van der Waals surface area contributed by atoms with E-state index < -0.39 is 0 Å². The summed E-state index contributed by atoms with van der Waals surface area (Å²) in [6.45, 7) is 1.47. The van der Waals surface area contributed by atoms with Crippen LogP contribution < -0.4 is 11.1 Å². The molecule has 120 valence electrons. The molecule has 1 unspecified atom stereocenters. The fourth-order valence-electron chi connectivity index (χ4n) is 2.71. The highest BCUT2D eigenvalue weighted by Gasteiger charge is 2.25. The number of piperidine rings is 1. The van der Waals surface area contributed by atoms with Crippen molar-refractivity contribution in [1.29, 1.82) is 0 Å². The summed E-state index contributed by atoms with van der Waals surface area (Å²) < 4.78 is 0. The Balaban J connectivity index is 1.73. The number of hydrogen-bond acceptors (Lipinski definition) is 7. The first-order chi connectivity index (χ1) is 11.3. The Kier molecular flexibility index (Phi) is 4.72. The standard InChI is InChI=1S/C15H19N7O/c16-8-14(23)22-7-1-2-11(10-22)12-3-4-19-15(20-12)21-13-9-17-5-6-18-13/h3-6,9,11H,1-2,7-8,10,16H2,(H,18,19,20,21). The van der Waals surface area contributed by atoms with Crippen molar-refractivity contribution < 1.29 is 4.79 Å². The zero-order valence-electron chi connectivity index (χ0n) is 12.7. The summed E-state index contributed by atoms with van der Waals surface area (Å²) in [5, 5.41) is 3.03. The minimum atomic E-state index is -0.0123. The summed E-state index contributed by atoms with van der Waals surface area (Å²) in [7, 11) is 0. The number of nitrogens with zero attached hydrogens (tertiary/aromatic N) is 5. The van der Waals surface area contributed by atoms with Crippen molar-refractivity contribution in [3.05, 3.63) is 36.5 Å². The van der Waals surface area contributed by atoms with E-state index in [9.17, 15) is 4.79 Å². The van der Waals surface area contributed by atoms with Crippen LogP contribution in [0.1, 0.15) is 24.5 Å². The molecule has 0 aromatic carbocycles. The van der Waals surface area contributed by atoms with Crippen LogP contribution in [0, 0.1) is 0 Å². The van der Waals surface area contributed by atoms with E-state index in [4.69, 9.17) is 5.73 Å². The van der Waals surface area contributed by atoms with Gasteiger partial charge >= 0.3 is 0 Å². The normalized spacial score (nSPS) is 17.8. The zero-order chi connectivity index (χ0) is 16.1. The highest BCUT2D eigenvalue weighted by Crippen LogP contribution is 2.26. The van der Waals surface area contributed by atoms with Gasteiger partial charge in [0, 0.05) is 37.6 Å². The lowest BCUT2D eigenvalue weighted by atomic mass is 9.94. The minimum absolute atomic E-state index is 0.0123. The SMILES string of the molecule is NCC(=O)N1CCCC(c2ccnc(Nc3cnccn3)n2)C1. The van der Waals surface area contributed by atoms with Crippen molar-refractivity contribution in [3.8, 4) is 0 Å². The van der Waals surface area contributed by atoms with Crippen molar-refractivity contribution in [3.63, 3.8) is 0 Å². The molecule has 0 saturated carbocycles. The van der Waals surface area contributed by atoms with Gasteiger partial charge in [-0.3, -0.25) is 9.78 Å². The molecule has 1 atom stereocenters. The predicted molar refractivity (Wildman–Crippen MR) is 85.0 cm³/mol. The molecule has 1 aliphatic heterocycles. The highest BCUT2D eigenvalue weighted by molar-refractivity contribution is 5.78. The second-order valence-corrected chi connectivity index (χ2v) is 5.40. The van der Waals surface area contributed by atoms with Crippen LogP contribution in [0.3, 0.4) is 0 Å². The molecule has 0 bridgehead atoms. The highest BCUT2D eigenvalue weighted by atomic mass is 16.2. The van der Waals surface area contributed by atoms with Crippen molar-refractivity contribution in [2.75, 3.05) is 25.0 Å². The Morgan fingerprint density at radius 2 is 2.26 bits per heavy atom. The Hall–Kier alpha value is -2.61. The van der Waals surface area contributed by atoms with Crippen LogP contribution in [0.15, 0.2) is 30.9 Å². The molecule has 0 aliphatic carbocycles. The number of anilines is 2. The largest absolute Gasteiger partial charge is 0.341 e. The van der Waals surface area contributed by atoms with Crippen LogP contribution in [0.4, 0.5) is 11.8 Å². The topological polar surface area (TPSA) is 110 Å². The fourth-order valence-corrected chi connectivity index (χ4v) is 2.71. The van der Waals surface area contributed by atoms with E-state index in [1.54, 1.807) is 24.8 Å². The molecule has 8 nitrogen and oxygen atoms in total. The molecule has 3 rings (SSSR count). The van der Waals surface area contributed by atoms with Crippen LogP contribution in [-0.2, 0) is 4.79 Å². The van der Waals surface area contributed by atoms with Crippen LogP contribution in [0.2, 0.25) is 0 Å². The first kappa shape index (κ1) is 15.3. The maximum Gasteiger partial charge on any atom is 0.236 e. The van der Waals surface area contributed by atoms with Gasteiger partial charge in [0.2, 0.25) is 11.9 Å². The number of likely N-dealkylation sites (tertiary alicyclic amines) is 1. The first-order valence-electron chi connectivity index (χ1n) is 7.60. The Morgan fingerprint density at radius 3 is 3.04 bits per heavy atom. The van der Waals surface area contributed by atoms with Crippen molar-refractivity contribution in [2.24, 2.45) is 5.73 Å². The molecular formula is C15H19N7O. The van der Waals surface area contributed by atoms with E-state index >= 15 is 0 Å². The maximum atomic E-state index is 11.8. The predicted octanol–water partition coefficient (Wildman–Crippen LogP) is 0.675. The summed E-state index contributed by atoms with van der Waals surface area (Å²) in [4.78, 5) is 30.5. The quantitative estimate of drug-likeness (QED) is 0.853. The van der Waals surface area contributed by atoms with Crippen LogP contribution in [0.5, 0.6) is 0 Å². The second-order valence-electron chi connectivity index (χ2n) is 5.40. The molecule has 0 radical (unpaired) electrons. The Morgan fingerprint density at radius 1 is 1.35 bits per heavy atom. The lowest BCUT2D eigenvalue weighted by molar-refractivity contribution is -0.130. The van der Waals surface area contributed by atoms with Gasteiger partial charge in [-0.05, 0) is 18.9 Å². The number of aromatic nitrogens is 4. The molecule has 3 heterocycles. The average Bonchev–Trinajstić information content (AvgIpc) is 2.62. The molecule has 2 aromatic heterocycles. The van der Waals surface area contributed by atoms with Gasteiger partial charge in [0.15, 0.2) is 5.82 Å². The fraction of sp³-hybridized carbons (Fsp3) is 0.400. The third kappa shape index (κ3) is 3.78. The summed E-state index contributed by atoms with van der Waals surface area (Å²) >= 11 is 0. The lowest BCUT2D eigenvalue weighted by Gasteiger charge is -2.32. The monoisotopic (exact) mass is 313 g/mol. The smallest absolute Gasteiger partial charge is 0.236 e. The van der Waals surface area contributed by atoms with Gasteiger partial charge in [0.05, 0.1) is 18.4 Å². The van der Waals surface area contributed by atoms with Crippen molar-refractivity contribution in [1.82, 2.24) is 24.8 Å². The summed E-state index contributed by atoms with van der Waals surface area (Å²) in [5.41, 5.74) is 6.37. The Labute approximate surface area is 134 Å². The summed E-state index contributed by atoms with van der Waals surface area (Å²) in [5.74, 6) is 1.25. The number of carbonyl (C=O) groups is 1. The maximum absolute atomic E-state index is 11.8. The van der Waals surface area contributed by atoms with Gasteiger partial charge in [-0.15, -0.1) is 0 Å². The molecule has 0 spiro atoms. The summed E-state index contributed by atoms with van der Waals surface area (Å²) in [6, 6.07) is 1.89. The van der Waals surface area contributed by atoms with Crippen LogP contribution in [0.25, 0.3) is 0 Å². The van der Waals surface area contributed by atoms with E-state index in [2.05, 4.69) is 25.3 Å². The van der Waals surface area contributed by atoms with Gasteiger partial charge in [-0.1, -0.05) is 0 Å². The van der Waals surface area contributed by atoms with Gasteiger partial charge < -0.3 is 16.0 Å². The molecule has 23 heavy (non-hydrogen) atoms. The molecule has 1 saturated heterocycles. The number of nitrogens with two attached hydrogens (primary N) is 1. The first-order valence-corrected chi connectivity index (χ1v) is 7.60. The minimum Gasteiger partial charge on any atom is -0.341 e. The molecule has 1 fully saturated rings. The lowest BCUT2D eigenvalue weighted by Crippen LogP contribution is -2.42. The van der Waals surface area contributed by atoms with Gasteiger partial charge in [0.1, 0.15) is 0 Å². The third-order valence-electron chi connectivity index (χ3n) is 3.85. The van der Waals surface area contributed by atoms with E-state index in [-0.39, 0.29) is 18.4 Å². The molecule has 2 aromatic rings. The van der Waals surface area contributed by atoms with Gasteiger partial charge in [0.25, 0.3) is 0 Å². The third-order valence-corrected chi connectivity index (χ3v) is 3.85. The molecule has 3 N–H and O–H groups in total. The number of nitrogens with one attached hydrogen (secondary N) is 1. The van der Waals surface area contributed by atoms with Crippen LogP contribution >= 0.6 is 0 Å². The molecule has 1 aliphatic rings. The summed E-state index contributed by atoms with van der Waals surface area (Å²) in [6.07, 6.45) is 8.48. The van der Waals surface area contributed by atoms with E-state index in [0.29, 0.717) is 18.3 Å². The van der Waals surface area contributed by atoms with Crippen LogP contribution in [-0.4, -0.2) is 50.4 Å². The molecule has 8 heteroatoms. The second kappa shape index (κ2) is 7.10. The average molecular weight is 313 g/mol. The number of rotatable bonds is 4. The van der Waals surface area contributed by atoms with Gasteiger partial charge in [-0.25, -0.2) is 15.0 Å². The van der Waals surface area contributed by atoms with Crippen molar-refractivity contribution >= 4 is 17.7 Å². The van der Waals surface area contributed by atoms with E-state index in [0.717, 1.165) is 25.1 Å². The van der Waals surface area contributed by atoms with Gasteiger partial charge in [-0.2, -0.15) is 0 Å². The number of amides is 1. The van der Waals surface area contributed by atoms with Crippen molar-refractivity contribution in [2.45, 2.75) is 18.8 Å². The molecular weight excluding hydrogens is 294 g/mol. The zero-order valence-corrected chi connectivity index (χ0v) is 12.7. The number of hydrogen-bond donors (Lipinski definition) is 2. The Bertz CT molecular complexity index is 664. The molecule has 1 amide bonds. The van der Waals surface area contributed by atoms with E-state index in [1.807, 2.05) is 11.0 Å².